The SMILES string of the molecule is COC([CH-]Cl)OC.[Cl][W]([Cl])([Cl])([Cl])[Cl]. The van der Waals surface area contributed by atoms with Crippen molar-refractivity contribution in [2.24, 2.45) is 0 Å². The normalized spacial score (nSPS) is 14.4. The Labute approximate surface area is 103 Å². The Morgan fingerprint density at radius 3 is 1.23 bits per heavy atom. The summed E-state index contributed by atoms with van der Waals surface area (Å²) in [4.78, 5) is 0. The van der Waals surface area contributed by atoms with Crippen LogP contribution < -0.4 is 0 Å². The number of hydrogen-bond donors (Lipinski definition) is 0. The zero-order valence-electron chi connectivity index (χ0n) is 6.65. The van der Waals surface area contributed by atoms with Crippen molar-refractivity contribution in [3.63, 3.8) is 0 Å². The molecule has 0 heterocycles. The molecule has 0 aromatic carbocycles. The molecule has 0 fully saturated rings. The topological polar surface area (TPSA) is 18.5 Å². The van der Waals surface area contributed by atoms with Crippen LogP contribution in [0.4, 0.5) is 0 Å². The van der Waals surface area contributed by atoms with Crippen LogP contribution in [0.25, 0.3) is 0 Å². The third kappa shape index (κ3) is 31.4. The van der Waals surface area contributed by atoms with Gasteiger partial charge in [0.1, 0.15) is 0 Å². The minimum absolute atomic E-state index is 0.373. The molecule has 0 N–H and O–H groups in total. The molecule has 0 radical (unpaired) electrons. The van der Waals surface area contributed by atoms with Crippen molar-refractivity contribution in [3.05, 3.63) is 5.88 Å². The molecule has 0 aromatic rings. The van der Waals surface area contributed by atoms with Crippen molar-refractivity contribution in [1.82, 2.24) is 0 Å². The Balaban J connectivity index is 0. The first-order valence-electron chi connectivity index (χ1n) is 2.61. The van der Waals surface area contributed by atoms with Gasteiger partial charge in [-0.2, -0.15) is 5.88 Å². The van der Waals surface area contributed by atoms with Gasteiger partial charge in [0.15, 0.2) is 0 Å². The molecule has 0 bridgehead atoms. The fraction of sp³-hybridized carbons (Fsp3) is 0.750. The van der Waals surface area contributed by atoms with Crippen LogP contribution in [0.3, 0.4) is 0 Å². The van der Waals surface area contributed by atoms with E-state index in [4.69, 9.17) is 58.7 Å². The number of ether oxygens (including phenoxy) is 2. The molecule has 0 spiro atoms. The van der Waals surface area contributed by atoms with Crippen LogP contribution in [0.1, 0.15) is 0 Å². The van der Waals surface area contributed by atoms with Crippen molar-refractivity contribution in [2.75, 3.05) is 14.2 Å². The average Bonchev–Trinajstić information content (AvgIpc) is 1.86. The standard InChI is InChI=1S/C4H8ClO2.5ClH.W/c1-6-4(3-5)7-2;;;;;;/h3-4H,1-2H3;5*1H;/q-1;;;;;;+5/p-5. The third-order valence-corrected chi connectivity index (χ3v) is 0.773. The van der Waals surface area contributed by atoms with Crippen molar-refractivity contribution in [1.29, 1.82) is 0 Å². The van der Waals surface area contributed by atoms with Crippen molar-refractivity contribution in [3.8, 4) is 0 Å². The molecule has 2 nitrogen and oxygen atoms in total. The third-order valence-electron chi connectivity index (χ3n) is 0.567. The molecule has 0 saturated carbocycles. The van der Waals surface area contributed by atoms with Gasteiger partial charge in [-0.3, -0.25) is 0 Å². The monoisotopic (exact) mass is 482 g/mol. The fourth-order valence-corrected chi connectivity index (χ4v) is 0.405. The van der Waals surface area contributed by atoms with Gasteiger partial charge in [-0.15, -0.1) is 0 Å². The van der Waals surface area contributed by atoms with Gasteiger partial charge in [0.05, 0.1) is 0 Å². The van der Waals surface area contributed by atoms with Crippen LogP contribution in [-0.4, -0.2) is 20.5 Å². The minimum atomic E-state index is -4.39. The van der Waals surface area contributed by atoms with Gasteiger partial charge in [-0.1, -0.05) is 0 Å². The Bertz CT molecular complexity index is 108. The second kappa shape index (κ2) is 7.59. The van der Waals surface area contributed by atoms with Crippen LogP contribution in [-0.2, 0) is 19.1 Å². The number of methoxy groups -OCH3 is 2. The van der Waals surface area contributed by atoms with Gasteiger partial charge in [-0.25, -0.2) is 0 Å². The van der Waals surface area contributed by atoms with Crippen molar-refractivity contribution < 1.29 is 19.1 Å². The van der Waals surface area contributed by atoms with Crippen LogP contribution in [0, 0.1) is 5.88 Å². The van der Waals surface area contributed by atoms with Crippen molar-refractivity contribution >= 4 is 58.7 Å². The van der Waals surface area contributed by atoms with Crippen LogP contribution in [0.15, 0.2) is 0 Å². The summed E-state index contributed by atoms with van der Waals surface area (Å²) in [6.45, 7) is 0. The quantitative estimate of drug-likeness (QED) is 0.435. The van der Waals surface area contributed by atoms with Gasteiger partial charge in [0.25, 0.3) is 0 Å². The molecule has 0 aliphatic heterocycles. The maximum atomic E-state index is 5.19. The second-order valence-corrected chi connectivity index (χ2v) is 44.2. The fourth-order valence-electron chi connectivity index (χ4n) is 0.199. The zero-order valence-corrected chi connectivity index (χ0v) is 14.1. The van der Waals surface area contributed by atoms with E-state index in [-0.39, 0.29) is 6.29 Å². The van der Waals surface area contributed by atoms with E-state index in [1.807, 2.05) is 0 Å². The van der Waals surface area contributed by atoms with E-state index in [9.17, 15) is 0 Å². The van der Waals surface area contributed by atoms with Crippen LogP contribution >= 0.6 is 58.7 Å². The second-order valence-electron chi connectivity index (χ2n) is 1.55. The molecule has 0 unspecified atom stereocenters. The molecule has 0 saturated heterocycles. The van der Waals surface area contributed by atoms with Gasteiger partial charge in [-0.05, 0) is 0 Å². The summed E-state index contributed by atoms with van der Waals surface area (Å²) in [6.07, 6.45) is -0.373. The van der Waals surface area contributed by atoms with Gasteiger partial charge in [0.2, 0.25) is 0 Å². The molecule has 0 aliphatic rings. The molecule has 85 valence electrons. The summed E-state index contributed by atoms with van der Waals surface area (Å²) in [6, 6.07) is 0. The zero-order chi connectivity index (χ0) is 11.1. The summed E-state index contributed by atoms with van der Waals surface area (Å²) in [5, 5.41) is 0. The van der Waals surface area contributed by atoms with Gasteiger partial charge in [0, 0.05) is 20.5 Å². The van der Waals surface area contributed by atoms with E-state index in [2.05, 4.69) is 9.47 Å². The predicted molar refractivity (Wildman–Crippen MR) is 57.2 cm³/mol. The molecule has 0 aromatic heterocycles. The van der Waals surface area contributed by atoms with Crippen LogP contribution in [0.5, 0.6) is 0 Å². The summed E-state index contributed by atoms with van der Waals surface area (Å²) in [5.74, 6) is 1.31. The number of rotatable bonds is 3. The molecule has 0 aliphatic carbocycles. The van der Waals surface area contributed by atoms with Gasteiger partial charge < -0.3 is 21.1 Å². The van der Waals surface area contributed by atoms with E-state index in [1.165, 1.54) is 20.1 Å². The van der Waals surface area contributed by atoms with E-state index in [1.54, 1.807) is 0 Å². The Morgan fingerprint density at radius 2 is 1.23 bits per heavy atom. The van der Waals surface area contributed by atoms with E-state index < -0.39 is 9.60 Å². The molecule has 9 heteroatoms. The molecule has 13 heavy (non-hydrogen) atoms. The first-order valence-corrected chi connectivity index (χ1v) is 21.2. The first-order chi connectivity index (χ1) is 5.58. The molecular formula is C4H8Cl6O2W-. The molecule has 0 amide bonds. The van der Waals surface area contributed by atoms with Crippen LogP contribution in [0.2, 0.25) is 0 Å². The summed E-state index contributed by atoms with van der Waals surface area (Å²) < 4.78 is 9.28. The van der Waals surface area contributed by atoms with Gasteiger partial charge >= 0.3 is 56.7 Å². The summed E-state index contributed by atoms with van der Waals surface area (Å²) in [7, 11) is 23.9. The first kappa shape index (κ1) is 17.7. The molecule has 0 rings (SSSR count). The average molecular weight is 485 g/mol. The molecule has 0 atom stereocenters. The number of hydrogen-bond acceptors (Lipinski definition) is 2. The Hall–Kier alpha value is 2.35. The Kier molecular flexibility index (Phi) is 10.4. The van der Waals surface area contributed by atoms with E-state index in [0.29, 0.717) is 0 Å². The Morgan fingerprint density at radius 1 is 1.00 bits per heavy atom. The van der Waals surface area contributed by atoms with E-state index in [0.717, 1.165) is 0 Å². The van der Waals surface area contributed by atoms with E-state index >= 15 is 0 Å². The van der Waals surface area contributed by atoms with Crippen molar-refractivity contribution in [2.45, 2.75) is 6.29 Å². The predicted octanol–water partition coefficient (Wildman–Crippen LogP) is 4.45. The summed E-state index contributed by atoms with van der Waals surface area (Å²) >= 11 is 5.19. The summed E-state index contributed by atoms with van der Waals surface area (Å²) in [5.41, 5.74) is 0. The number of halogens is 6. The molecular weight excluding hydrogens is 477 g/mol. The maximum absolute atomic E-state index is 5.19.